The highest BCUT2D eigenvalue weighted by molar-refractivity contribution is 6.31. The summed E-state index contributed by atoms with van der Waals surface area (Å²) in [5.74, 6) is -0.380. The number of hydrogen-bond acceptors (Lipinski definition) is 3. The van der Waals surface area contributed by atoms with Gasteiger partial charge >= 0.3 is 0 Å². The van der Waals surface area contributed by atoms with Crippen molar-refractivity contribution in [2.75, 3.05) is 0 Å². The topological polar surface area (TPSA) is 47.8 Å². The van der Waals surface area contributed by atoms with Crippen molar-refractivity contribution < 1.29 is 4.79 Å². The van der Waals surface area contributed by atoms with Gasteiger partial charge in [0.1, 0.15) is 12.7 Å². The zero-order chi connectivity index (χ0) is 16.2. The molecule has 0 saturated carbocycles. The lowest BCUT2D eigenvalue weighted by Crippen LogP contribution is -2.19. The van der Waals surface area contributed by atoms with Gasteiger partial charge in [-0.15, -0.1) is 0 Å². The molecule has 0 aliphatic heterocycles. The van der Waals surface area contributed by atoms with Crippen molar-refractivity contribution in [2.24, 2.45) is 0 Å². The molecule has 1 atom stereocenters. The highest BCUT2D eigenvalue weighted by atomic mass is 35.5. The molecule has 4 nitrogen and oxygen atoms in total. The summed E-state index contributed by atoms with van der Waals surface area (Å²) >= 11 is 11.8. The van der Waals surface area contributed by atoms with E-state index in [0.717, 1.165) is 5.56 Å². The lowest BCUT2D eigenvalue weighted by molar-refractivity contribution is 0.0949. The molecule has 0 amide bonds. The fraction of sp³-hybridized carbons (Fsp3) is 0.118. The van der Waals surface area contributed by atoms with Crippen LogP contribution in [0.4, 0.5) is 0 Å². The molecule has 0 aliphatic carbocycles. The second-order valence-corrected chi connectivity index (χ2v) is 5.97. The summed E-state index contributed by atoms with van der Waals surface area (Å²) in [5, 5.41) is 5.33. The monoisotopic (exact) mass is 345 g/mol. The van der Waals surface area contributed by atoms with Gasteiger partial charge in [-0.2, -0.15) is 5.10 Å². The van der Waals surface area contributed by atoms with E-state index in [4.69, 9.17) is 23.2 Å². The molecule has 0 bridgehead atoms. The Morgan fingerprint density at radius 2 is 1.61 bits per heavy atom. The SMILES string of the molecule is O=C(c1ccc(Cl)cc1)C(Cn1cncn1)c1ccc(Cl)cc1. The van der Waals surface area contributed by atoms with Crippen LogP contribution < -0.4 is 0 Å². The fourth-order valence-electron chi connectivity index (χ4n) is 2.36. The van der Waals surface area contributed by atoms with Gasteiger partial charge < -0.3 is 0 Å². The van der Waals surface area contributed by atoms with Crippen molar-refractivity contribution in [1.29, 1.82) is 0 Å². The Morgan fingerprint density at radius 1 is 1.00 bits per heavy atom. The average Bonchev–Trinajstić information content (AvgIpc) is 3.07. The summed E-state index contributed by atoms with van der Waals surface area (Å²) in [6.45, 7) is 0.406. The molecule has 0 N–H and O–H groups in total. The normalized spacial score (nSPS) is 12.1. The largest absolute Gasteiger partial charge is 0.293 e. The number of ketones is 1. The number of carbonyl (C=O) groups is 1. The van der Waals surface area contributed by atoms with Crippen molar-refractivity contribution in [1.82, 2.24) is 14.8 Å². The van der Waals surface area contributed by atoms with Crippen LogP contribution in [0.1, 0.15) is 21.8 Å². The minimum Gasteiger partial charge on any atom is -0.293 e. The second kappa shape index (κ2) is 6.94. The Balaban J connectivity index is 1.95. The van der Waals surface area contributed by atoms with Gasteiger partial charge in [0.15, 0.2) is 5.78 Å². The van der Waals surface area contributed by atoms with Crippen LogP contribution in [0.15, 0.2) is 61.2 Å². The van der Waals surface area contributed by atoms with E-state index in [1.807, 2.05) is 12.1 Å². The van der Waals surface area contributed by atoms with Crippen LogP contribution in [0.2, 0.25) is 10.0 Å². The van der Waals surface area contributed by atoms with Gasteiger partial charge in [0.05, 0.1) is 12.5 Å². The summed E-state index contributed by atoms with van der Waals surface area (Å²) in [6, 6.07) is 14.2. The third kappa shape index (κ3) is 3.78. The highest BCUT2D eigenvalue weighted by Crippen LogP contribution is 2.25. The maximum absolute atomic E-state index is 12.9. The van der Waals surface area contributed by atoms with Gasteiger partial charge in [0, 0.05) is 15.6 Å². The van der Waals surface area contributed by atoms with Crippen LogP contribution in [-0.4, -0.2) is 20.5 Å². The first kappa shape index (κ1) is 15.7. The molecular weight excluding hydrogens is 333 g/mol. The van der Waals surface area contributed by atoms with E-state index in [1.165, 1.54) is 6.33 Å². The van der Waals surface area contributed by atoms with Crippen LogP contribution in [0.3, 0.4) is 0 Å². The fourth-order valence-corrected chi connectivity index (χ4v) is 2.62. The van der Waals surface area contributed by atoms with E-state index < -0.39 is 0 Å². The number of halogens is 2. The lowest BCUT2D eigenvalue weighted by Gasteiger charge is -2.16. The molecule has 2 aromatic carbocycles. The van der Waals surface area contributed by atoms with Gasteiger partial charge in [0.25, 0.3) is 0 Å². The van der Waals surface area contributed by atoms with Crippen LogP contribution in [-0.2, 0) is 6.54 Å². The second-order valence-electron chi connectivity index (χ2n) is 5.09. The predicted molar refractivity (Wildman–Crippen MR) is 90.0 cm³/mol. The summed E-state index contributed by atoms with van der Waals surface area (Å²) in [5.41, 5.74) is 1.49. The standard InChI is InChI=1S/C17H13Cl2N3O/c18-14-5-1-12(2-6-14)16(9-22-11-20-10-21-22)17(23)13-3-7-15(19)8-4-13/h1-8,10-11,16H,9H2. The number of aromatic nitrogens is 3. The maximum Gasteiger partial charge on any atom is 0.172 e. The Kier molecular flexibility index (Phi) is 4.74. The number of rotatable bonds is 5. The van der Waals surface area contributed by atoms with E-state index in [1.54, 1.807) is 47.4 Å². The van der Waals surface area contributed by atoms with Gasteiger partial charge in [-0.3, -0.25) is 9.48 Å². The van der Waals surface area contributed by atoms with Crippen LogP contribution in [0.25, 0.3) is 0 Å². The first-order valence-corrected chi connectivity index (χ1v) is 7.77. The first-order valence-electron chi connectivity index (χ1n) is 7.01. The molecule has 0 spiro atoms. The van der Waals surface area contributed by atoms with Crippen LogP contribution in [0.5, 0.6) is 0 Å². The summed E-state index contributed by atoms with van der Waals surface area (Å²) in [6.07, 6.45) is 3.05. The van der Waals surface area contributed by atoms with Crippen molar-refractivity contribution >= 4 is 29.0 Å². The average molecular weight is 346 g/mol. The number of carbonyl (C=O) groups excluding carboxylic acids is 1. The van der Waals surface area contributed by atoms with Crippen molar-refractivity contribution in [3.8, 4) is 0 Å². The summed E-state index contributed by atoms with van der Waals surface area (Å²) in [7, 11) is 0. The first-order chi connectivity index (χ1) is 11.1. The minimum atomic E-state index is -0.379. The van der Waals surface area contributed by atoms with Gasteiger partial charge in [0.2, 0.25) is 0 Å². The van der Waals surface area contributed by atoms with Crippen LogP contribution in [0, 0.1) is 0 Å². The Morgan fingerprint density at radius 3 is 2.17 bits per heavy atom. The highest BCUT2D eigenvalue weighted by Gasteiger charge is 2.23. The third-order valence-corrected chi connectivity index (χ3v) is 4.06. The van der Waals surface area contributed by atoms with Gasteiger partial charge in [-0.05, 0) is 42.0 Å². The molecule has 0 saturated heterocycles. The molecule has 3 aromatic rings. The number of Topliss-reactive ketones (excluding diaryl/α,β-unsaturated/α-hetero) is 1. The molecular formula is C17H13Cl2N3O. The van der Waals surface area contributed by atoms with Crippen molar-refractivity contribution in [3.63, 3.8) is 0 Å². The Hall–Kier alpha value is -2.17. The smallest absolute Gasteiger partial charge is 0.172 e. The predicted octanol–water partition coefficient (Wildman–Crippen LogP) is 4.25. The van der Waals surface area contributed by atoms with E-state index in [9.17, 15) is 4.79 Å². The molecule has 1 unspecified atom stereocenters. The third-order valence-electron chi connectivity index (χ3n) is 3.55. The zero-order valence-corrected chi connectivity index (χ0v) is 13.6. The molecule has 116 valence electrons. The maximum atomic E-state index is 12.9. The molecule has 3 rings (SSSR count). The quantitative estimate of drug-likeness (QED) is 0.649. The molecule has 1 aromatic heterocycles. The molecule has 23 heavy (non-hydrogen) atoms. The summed E-state index contributed by atoms with van der Waals surface area (Å²) in [4.78, 5) is 16.9. The van der Waals surface area contributed by atoms with Crippen molar-refractivity contribution in [3.05, 3.63) is 82.4 Å². The number of benzene rings is 2. The van der Waals surface area contributed by atoms with E-state index in [0.29, 0.717) is 22.2 Å². The molecule has 0 fully saturated rings. The molecule has 0 radical (unpaired) electrons. The minimum absolute atomic E-state index is 0.000473. The Labute approximate surface area is 143 Å². The Bertz CT molecular complexity index is 784. The van der Waals surface area contributed by atoms with Gasteiger partial charge in [-0.25, -0.2) is 4.98 Å². The molecule has 1 heterocycles. The van der Waals surface area contributed by atoms with E-state index in [2.05, 4.69) is 10.1 Å². The number of hydrogen-bond donors (Lipinski definition) is 0. The number of nitrogens with zero attached hydrogens (tertiary/aromatic N) is 3. The molecule has 6 heteroatoms. The van der Waals surface area contributed by atoms with E-state index >= 15 is 0 Å². The van der Waals surface area contributed by atoms with Gasteiger partial charge in [-0.1, -0.05) is 35.3 Å². The van der Waals surface area contributed by atoms with Crippen LogP contribution >= 0.6 is 23.2 Å². The van der Waals surface area contributed by atoms with Crippen molar-refractivity contribution in [2.45, 2.75) is 12.5 Å². The lowest BCUT2D eigenvalue weighted by atomic mass is 9.90. The summed E-state index contributed by atoms with van der Waals surface area (Å²) < 4.78 is 1.65. The zero-order valence-electron chi connectivity index (χ0n) is 12.1. The molecule has 0 aliphatic rings. The van der Waals surface area contributed by atoms with E-state index in [-0.39, 0.29) is 11.7 Å².